The number of nitrogens with two attached hydrogens (primary N) is 1. The first-order chi connectivity index (χ1) is 5.16. The predicted octanol–water partition coefficient (Wildman–Crippen LogP) is 2.62. The fourth-order valence-electron chi connectivity index (χ4n) is 1.07. The van der Waals surface area contributed by atoms with Crippen molar-refractivity contribution in [2.24, 2.45) is 0 Å². The number of rotatable bonds is 1. The number of alkyl halides is 1. The summed E-state index contributed by atoms with van der Waals surface area (Å²) in [6, 6.07) is 4.06. The molecule has 0 atom stereocenters. The standard InChI is InChI=1S/C9H12ClN/c1-6-3-4-7(2)9(11)8(6)5-10/h3-4H,5,11H2,1-2H3. The molecule has 0 heterocycles. The second-order valence-electron chi connectivity index (χ2n) is 2.73. The summed E-state index contributed by atoms with van der Waals surface area (Å²) in [7, 11) is 0. The van der Waals surface area contributed by atoms with Crippen molar-refractivity contribution >= 4 is 17.3 Å². The van der Waals surface area contributed by atoms with Gasteiger partial charge in [-0.1, -0.05) is 12.1 Å². The lowest BCUT2D eigenvalue weighted by Gasteiger charge is -2.08. The molecule has 2 heteroatoms. The summed E-state index contributed by atoms with van der Waals surface area (Å²) < 4.78 is 0. The van der Waals surface area contributed by atoms with Gasteiger partial charge >= 0.3 is 0 Å². The molecule has 0 aliphatic carbocycles. The molecule has 0 bridgehead atoms. The molecule has 60 valence electrons. The third-order valence-corrected chi connectivity index (χ3v) is 2.21. The minimum atomic E-state index is 0.499. The van der Waals surface area contributed by atoms with Gasteiger partial charge in [-0.25, -0.2) is 0 Å². The van der Waals surface area contributed by atoms with Crippen LogP contribution in [0, 0.1) is 13.8 Å². The van der Waals surface area contributed by atoms with Crippen LogP contribution in [0.5, 0.6) is 0 Å². The van der Waals surface area contributed by atoms with E-state index in [1.807, 2.05) is 26.0 Å². The zero-order chi connectivity index (χ0) is 8.43. The summed E-state index contributed by atoms with van der Waals surface area (Å²) in [4.78, 5) is 0. The molecule has 0 saturated carbocycles. The van der Waals surface area contributed by atoms with Gasteiger partial charge in [0, 0.05) is 11.6 Å². The van der Waals surface area contributed by atoms with E-state index in [1.54, 1.807) is 0 Å². The molecule has 0 aromatic heterocycles. The monoisotopic (exact) mass is 169 g/mol. The average molecular weight is 170 g/mol. The highest BCUT2D eigenvalue weighted by atomic mass is 35.5. The lowest BCUT2D eigenvalue weighted by molar-refractivity contribution is 1.27. The fourth-order valence-corrected chi connectivity index (χ4v) is 1.42. The summed E-state index contributed by atoms with van der Waals surface area (Å²) in [6.45, 7) is 4.01. The van der Waals surface area contributed by atoms with Crippen LogP contribution >= 0.6 is 11.6 Å². The van der Waals surface area contributed by atoms with E-state index < -0.39 is 0 Å². The minimum absolute atomic E-state index is 0.499. The topological polar surface area (TPSA) is 26.0 Å². The van der Waals surface area contributed by atoms with E-state index >= 15 is 0 Å². The maximum Gasteiger partial charge on any atom is 0.0497 e. The molecule has 0 aliphatic heterocycles. The van der Waals surface area contributed by atoms with Crippen LogP contribution in [0.3, 0.4) is 0 Å². The number of hydrogen-bond acceptors (Lipinski definition) is 1. The molecule has 1 aromatic rings. The highest BCUT2D eigenvalue weighted by Gasteiger charge is 2.03. The fraction of sp³-hybridized carbons (Fsp3) is 0.333. The van der Waals surface area contributed by atoms with Crippen LogP contribution in [-0.2, 0) is 5.88 Å². The van der Waals surface area contributed by atoms with Crippen LogP contribution in [0.25, 0.3) is 0 Å². The number of aryl methyl sites for hydroxylation is 2. The third-order valence-electron chi connectivity index (χ3n) is 1.94. The molecule has 0 fully saturated rings. The Bertz CT molecular complexity index is 269. The Morgan fingerprint density at radius 1 is 1.27 bits per heavy atom. The number of benzene rings is 1. The molecular weight excluding hydrogens is 158 g/mol. The van der Waals surface area contributed by atoms with Crippen molar-refractivity contribution in [1.29, 1.82) is 0 Å². The van der Waals surface area contributed by atoms with E-state index in [1.165, 1.54) is 5.56 Å². The van der Waals surface area contributed by atoms with E-state index in [4.69, 9.17) is 17.3 Å². The lowest BCUT2D eigenvalue weighted by atomic mass is 10.0. The summed E-state index contributed by atoms with van der Waals surface area (Å²) in [5, 5.41) is 0. The Balaban J connectivity index is 3.29. The molecule has 0 spiro atoms. The van der Waals surface area contributed by atoms with Crippen LogP contribution in [0.2, 0.25) is 0 Å². The zero-order valence-electron chi connectivity index (χ0n) is 6.82. The maximum atomic E-state index is 5.81. The predicted molar refractivity (Wildman–Crippen MR) is 49.9 cm³/mol. The van der Waals surface area contributed by atoms with Crippen molar-refractivity contribution in [3.8, 4) is 0 Å². The quantitative estimate of drug-likeness (QED) is 0.508. The average Bonchev–Trinajstić information content (AvgIpc) is 1.99. The molecule has 11 heavy (non-hydrogen) atoms. The van der Waals surface area contributed by atoms with Gasteiger partial charge in [-0.3, -0.25) is 0 Å². The summed E-state index contributed by atoms with van der Waals surface area (Å²) in [6.07, 6.45) is 0. The minimum Gasteiger partial charge on any atom is -0.398 e. The van der Waals surface area contributed by atoms with Crippen LogP contribution in [0.15, 0.2) is 12.1 Å². The smallest absolute Gasteiger partial charge is 0.0497 e. The molecule has 0 aliphatic rings. The van der Waals surface area contributed by atoms with Crippen molar-refractivity contribution in [3.05, 3.63) is 28.8 Å². The van der Waals surface area contributed by atoms with Crippen LogP contribution in [-0.4, -0.2) is 0 Å². The summed E-state index contributed by atoms with van der Waals surface area (Å²) in [5.74, 6) is 0.499. The van der Waals surface area contributed by atoms with E-state index in [9.17, 15) is 0 Å². The molecule has 0 amide bonds. The van der Waals surface area contributed by atoms with Gasteiger partial charge in [0.05, 0.1) is 0 Å². The van der Waals surface area contributed by atoms with E-state index in [-0.39, 0.29) is 0 Å². The van der Waals surface area contributed by atoms with Gasteiger partial charge in [-0.05, 0) is 30.5 Å². The van der Waals surface area contributed by atoms with Gasteiger partial charge in [0.25, 0.3) is 0 Å². The lowest BCUT2D eigenvalue weighted by Crippen LogP contribution is -1.97. The first-order valence-electron chi connectivity index (χ1n) is 3.57. The second kappa shape index (κ2) is 3.14. The maximum absolute atomic E-state index is 5.81. The Kier molecular flexibility index (Phi) is 2.40. The van der Waals surface area contributed by atoms with Crippen LogP contribution in [0.4, 0.5) is 5.69 Å². The van der Waals surface area contributed by atoms with E-state index in [0.717, 1.165) is 16.8 Å². The summed E-state index contributed by atoms with van der Waals surface area (Å²) in [5.41, 5.74) is 9.98. The number of hydrogen-bond donors (Lipinski definition) is 1. The van der Waals surface area contributed by atoms with E-state index in [2.05, 4.69) is 0 Å². The Labute approximate surface area is 72.2 Å². The van der Waals surface area contributed by atoms with Crippen molar-refractivity contribution in [2.45, 2.75) is 19.7 Å². The zero-order valence-corrected chi connectivity index (χ0v) is 7.57. The van der Waals surface area contributed by atoms with Crippen molar-refractivity contribution in [2.75, 3.05) is 5.73 Å². The SMILES string of the molecule is Cc1ccc(C)c(CCl)c1N. The number of halogens is 1. The van der Waals surface area contributed by atoms with Gasteiger partial charge in [-0.15, -0.1) is 11.6 Å². The van der Waals surface area contributed by atoms with Crippen molar-refractivity contribution < 1.29 is 0 Å². The van der Waals surface area contributed by atoms with Crippen LogP contribution in [0.1, 0.15) is 16.7 Å². The largest absolute Gasteiger partial charge is 0.398 e. The third kappa shape index (κ3) is 1.48. The first kappa shape index (κ1) is 8.41. The van der Waals surface area contributed by atoms with Crippen molar-refractivity contribution in [3.63, 3.8) is 0 Å². The molecule has 0 saturated heterocycles. The second-order valence-corrected chi connectivity index (χ2v) is 2.99. The Hall–Kier alpha value is -0.690. The van der Waals surface area contributed by atoms with Gasteiger partial charge < -0.3 is 5.73 Å². The van der Waals surface area contributed by atoms with Gasteiger partial charge in [-0.2, -0.15) is 0 Å². The summed E-state index contributed by atoms with van der Waals surface area (Å²) >= 11 is 5.73. The van der Waals surface area contributed by atoms with Crippen LogP contribution < -0.4 is 5.73 Å². The molecule has 1 aromatic carbocycles. The normalized spacial score (nSPS) is 10.1. The highest BCUT2D eigenvalue weighted by molar-refractivity contribution is 6.17. The molecule has 2 N–H and O–H groups in total. The van der Waals surface area contributed by atoms with Gasteiger partial charge in [0.15, 0.2) is 0 Å². The molecule has 1 nitrogen and oxygen atoms in total. The number of nitrogen functional groups attached to an aromatic ring is 1. The molecule has 0 unspecified atom stereocenters. The Morgan fingerprint density at radius 3 is 2.27 bits per heavy atom. The van der Waals surface area contributed by atoms with Crippen molar-refractivity contribution in [1.82, 2.24) is 0 Å². The molecule has 1 rings (SSSR count). The first-order valence-corrected chi connectivity index (χ1v) is 4.10. The van der Waals surface area contributed by atoms with Gasteiger partial charge in [0.1, 0.15) is 0 Å². The van der Waals surface area contributed by atoms with Gasteiger partial charge in [0.2, 0.25) is 0 Å². The highest BCUT2D eigenvalue weighted by Crippen LogP contribution is 2.22. The molecule has 0 radical (unpaired) electrons. The number of anilines is 1. The molecular formula is C9H12ClN. The van der Waals surface area contributed by atoms with E-state index in [0.29, 0.717) is 5.88 Å². The Morgan fingerprint density at radius 2 is 1.82 bits per heavy atom.